The van der Waals surface area contributed by atoms with Crippen molar-refractivity contribution in [2.24, 2.45) is 5.92 Å². The number of hydrogen-bond donors (Lipinski definition) is 2. The van der Waals surface area contributed by atoms with Crippen molar-refractivity contribution in [3.8, 4) is 5.75 Å². The molecular weight excluding hydrogens is 518 g/mol. The number of fused-ring (bicyclic) bond motifs is 1. The number of anilines is 1. The predicted octanol–water partition coefficient (Wildman–Crippen LogP) is 6.39. The second-order valence-corrected chi connectivity index (χ2v) is 9.38. The van der Waals surface area contributed by atoms with Crippen molar-refractivity contribution >= 4 is 38.4 Å². The summed E-state index contributed by atoms with van der Waals surface area (Å²) in [7, 11) is 0. The lowest BCUT2D eigenvalue weighted by Gasteiger charge is -2.26. The first-order valence-corrected chi connectivity index (χ1v) is 11.7. The average molecular weight is 539 g/mol. The van der Waals surface area contributed by atoms with E-state index in [1.165, 1.54) is 29.1 Å². The van der Waals surface area contributed by atoms with Crippen molar-refractivity contribution in [2.45, 2.75) is 19.9 Å². The van der Waals surface area contributed by atoms with Gasteiger partial charge in [-0.15, -0.1) is 0 Å². The molecule has 2 atom stereocenters. The van der Waals surface area contributed by atoms with Gasteiger partial charge >= 0.3 is 0 Å². The van der Waals surface area contributed by atoms with E-state index in [0.717, 1.165) is 20.9 Å². The smallest absolute Gasteiger partial charge is 0.214 e. The van der Waals surface area contributed by atoms with Crippen LogP contribution in [0.15, 0.2) is 76.9 Å². The van der Waals surface area contributed by atoms with E-state index in [2.05, 4.69) is 26.0 Å². The van der Waals surface area contributed by atoms with Gasteiger partial charge in [0.25, 0.3) is 0 Å². The van der Waals surface area contributed by atoms with Crippen LogP contribution in [0.25, 0.3) is 10.9 Å². The van der Waals surface area contributed by atoms with Gasteiger partial charge < -0.3 is 15.5 Å². The molecule has 2 aromatic heterocycles. The molecule has 0 aliphatic heterocycles. The lowest BCUT2D eigenvalue weighted by atomic mass is 9.95. The Labute approximate surface area is 208 Å². The third-order valence-electron chi connectivity index (χ3n) is 6.04. The number of ether oxygens (including phenoxy) is 1. The molecule has 5 rings (SSSR count). The maximum absolute atomic E-state index is 15.2. The normalized spacial score (nSPS) is 17.9. The Hall–Kier alpha value is -3.72. The lowest BCUT2D eigenvalue weighted by Crippen LogP contribution is -2.23. The molecule has 35 heavy (non-hydrogen) atoms. The molecule has 1 aliphatic carbocycles. The molecule has 9 heteroatoms. The van der Waals surface area contributed by atoms with Crippen LogP contribution in [0.1, 0.15) is 34.6 Å². The lowest BCUT2D eigenvalue weighted by molar-refractivity contribution is 0.103. The highest BCUT2D eigenvalue weighted by Gasteiger charge is 2.31. The summed E-state index contributed by atoms with van der Waals surface area (Å²) in [4.78, 5) is 16.3. The van der Waals surface area contributed by atoms with Gasteiger partial charge in [-0.3, -0.25) is 4.79 Å². The summed E-state index contributed by atoms with van der Waals surface area (Å²) >= 11 is 3.49. The molecule has 0 amide bonds. The van der Waals surface area contributed by atoms with E-state index in [9.17, 15) is 9.18 Å². The number of nitrogens with zero attached hydrogens (tertiary/aromatic N) is 2. The van der Waals surface area contributed by atoms with Gasteiger partial charge in [0.2, 0.25) is 5.78 Å². The summed E-state index contributed by atoms with van der Waals surface area (Å²) in [6, 6.07) is 10.7. The van der Waals surface area contributed by atoms with Crippen molar-refractivity contribution in [3.05, 3.63) is 99.5 Å². The third kappa shape index (κ3) is 4.16. The first kappa shape index (κ1) is 23.0. The van der Waals surface area contributed by atoms with Crippen molar-refractivity contribution in [1.29, 1.82) is 0 Å². The van der Waals surface area contributed by atoms with Gasteiger partial charge in [0, 0.05) is 27.4 Å². The van der Waals surface area contributed by atoms with Crippen LogP contribution in [-0.2, 0) is 0 Å². The van der Waals surface area contributed by atoms with Gasteiger partial charge in [0.1, 0.15) is 23.4 Å². The van der Waals surface area contributed by atoms with Crippen molar-refractivity contribution in [2.75, 3.05) is 5.73 Å². The van der Waals surface area contributed by atoms with E-state index in [1.807, 2.05) is 19.1 Å². The predicted molar refractivity (Wildman–Crippen MR) is 133 cm³/mol. The summed E-state index contributed by atoms with van der Waals surface area (Å²) in [6.07, 6.45) is 4.19. The molecule has 2 heterocycles. The number of carbonyl (C=O) groups excluding carboxylic acids is 1. The molecular formula is C26H21BrF2N4O2. The zero-order valence-corrected chi connectivity index (χ0v) is 20.4. The van der Waals surface area contributed by atoms with Crippen LogP contribution in [0.5, 0.6) is 5.75 Å². The summed E-state index contributed by atoms with van der Waals surface area (Å²) in [5, 5.41) is 5.12. The maximum atomic E-state index is 15.2. The molecule has 0 spiro atoms. The fourth-order valence-electron chi connectivity index (χ4n) is 4.23. The monoisotopic (exact) mass is 538 g/mol. The van der Waals surface area contributed by atoms with Crippen molar-refractivity contribution < 1.29 is 18.3 Å². The van der Waals surface area contributed by atoms with Crippen LogP contribution in [-0.4, -0.2) is 20.5 Å². The number of nitrogens with one attached hydrogen (secondary N) is 1. The summed E-state index contributed by atoms with van der Waals surface area (Å²) in [6.45, 7) is 3.73. The van der Waals surface area contributed by atoms with Gasteiger partial charge in [-0.05, 0) is 48.9 Å². The highest BCUT2D eigenvalue weighted by Crippen LogP contribution is 2.37. The van der Waals surface area contributed by atoms with Gasteiger partial charge in [0.05, 0.1) is 17.5 Å². The summed E-state index contributed by atoms with van der Waals surface area (Å²) in [5.74, 6) is -1.65. The SMILES string of the molecule is Cc1cc2cc(C(=O)c3cnn(C4C(F)=CC(Oc5ccccc5F)=CC4C)c3N)[nH]c2cc1Br. The van der Waals surface area contributed by atoms with E-state index in [1.54, 1.807) is 31.2 Å². The quantitative estimate of drug-likeness (QED) is 0.288. The van der Waals surface area contributed by atoms with Crippen LogP contribution in [0.4, 0.5) is 14.6 Å². The van der Waals surface area contributed by atoms with E-state index >= 15 is 4.39 Å². The highest BCUT2D eigenvalue weighted by molar-refractivity contribution is 9.10. The average Bonchev–Trinajstić information content (AvgIpc) is 3.38. The molecule has 1 aliphatic rings. The van der Waals surface area contributed by atoms with E-state index in [-0.39, 0.29) is 28.7 Å². The van der Waals surface area contributed by atoms with Gasteiger partial charge in [0.15, 0.2) is 11.6 Å². The number of aryl methyl sites for hydroxylation is 1. The minimum Gasteiger partial charge on any atom is -0.455 e. The molecule has 2 unspecified atom stereocenters. The maximum Gasteiger partial charge on any atom is 0.214 e. The summed E-state index contributed by atoms with van der Waals surface area (Å²) < 4.78 is 36.9. The number of benzene rings is 2. The Kier molecular flexibility index (Phi) is 5.80. The number of allylic oxidation sites excluding steroid dienone is 3. The molecule has 178 valence electrons. The number of hydrogen-bond acceptors (Lipinski definition) is 4. The molecule has 3 N–H and O–H groups in total. The van der Waals surface area contributed by atoms with Gasteiger partial charge in [-0.25, -0.2) is 13.5 Å². The molecule has 2 aromatic carbocycles. The number of rotatable bonds is 5. The highest BCUT2D eigenvalue weighted by atomic mass is 79.9. The number of para-hydroxylation sites is 1. The first-order chi connectivity index (χ1) is 16.7. The number of nitrogens with two attached hydrogens (primary N) is 1. The minimum atomic E-state index is -0.870. The van der Waals surface area contributed by atoms with E-state index in [4.69, 9.17) is 10.5 Å². The Balaban J connectivity index is 1.42. The van der Waals surface area contributed by atoms with Crippen molar-refractivity contribution in [3.63, 3.8) is 0 Å². The number of aromatic amines is 1. The second-order valence-electron chi connectivity index (χ2n) is 8.52. The molecule has 0 radical (unpaired) electrons. The molecule has 0 saturated heterocycles. The van der Waals surface area contributed by atoms with Crippen molar-refractivity contribution in [1.82, 2.24) is 14.8 Å². The van der Waals surface area contributed by atoms with Crippen LogP contribution in [0.2, 0.25) is 0 Å². The van der Waals surface area contributed by atoms with Gasteiger partial charge in [-0.1, -0.05) is 35.0 Å². The molecule has 4 aromatic rings. The molecule has 6 nitrogen and oxygen atoms in total. The molecule has 0 fully saturated rings. The first-order valence-electron chi connectivity index (χ1n) is 10.9. The molecule has 0 saturated carbocycles. The fraction of sp³-hybridized carbons (Fsp3) is 0.154. The van der Waals surface area contributed by atoms with Crippen LogP contribution >= 0.6 is 15.9 Å². The summed E-state index contributed by atoms with van der Waals surface area (Å²) in [5.41, 5.74) is 8.66. The Morgan fingerprint density at radius 1 is 1.23 bits per heavy atom. The number of nitrogen functional groups attached to an aromatic ring is 1. The van der Waals surface area contributed by atoms with Crippen LogP contribution in [0.3, 0.4) is 0 Å². The number of ketones is 1. The number of H-pyrrole nitrogens is 1. The van der Waals surface area contributed by atoms with E-state index < -0.39 is 23.6 Å². The van der Waals surface area contributed by atoms with Crippen LogP contribution in [0, 0.1) is 18.7 Å². The Bertz CT molecular complexity index is 1500. The number of aromatic nitrogens is 3. The standard InChI is InChI=1S/C26H21BrF2N4O2/c1-13-7-15-9-22(32-21(15)11-18(13)27)25(34)17-12-31-33(26(17)30)24-14(2)8-16(10-20(24)29)35-23-6-4-3-5-19(23)28/h3-12,14,24,32H,30H2,1-2H3. The zero-order chi connectivity index (χ0) is 24.9. The van der Waals surface area contributed by atoms with Crippen LogP contribution < -0.4 is 10.5 Å². The Morgan fingerprint density at radius 2 is 2.00 bits per heavy atom. The fourth-order valence-corrected chi connectivity index (χ4v) is 4.58. The minimum absolute atomic E-state index is 0.000458. The largest absolute Gasteiger partial charge is 0.455 e. The van der Waals surface area contributed by atoms with Gasteiger partial charge in [-0.2, -0.15) is 5.10 Å². The van der Waals surface area contributed by atoms with E-state index in [0.29, 0.717) is 5.69 Å². The molecule has 0 bridgehead atoms. The Morgan fingerprint density at radius 3 is 2.74 bits per heavy atom. The third-order valence-corrected chi connectivity index (χ3v) is 6.89. The zero-order valence-electron chi connectivity index (χ0n) is 18.9. The second kappa shape index (κ2) is 8.81. The topological polar surface area (TPSA) is 85.9 Å². The number of halogens is 3. The number of carbonyl (C=O) groups is 1.